The van der Waals surface area contributed by atoms with Crippen LogP contribution in [0.15, 0.2) is 36.7 Å². The number of urea groups is 1. The maximum Gasteiger partial charge on any atom is 0.322 e. The Morgan fingerprint density at radius 1 is 1.35 bits per heavy atom. The highest BCUT2D eigenvalue weighted by Gasteiger charge is 2.28. The minimum Gasteiger partial charge on any atom is -0.363 e. The second kappa shape index (κ2) is 6.28. The highest BCUT2D eigenvalue weighted by molar-refractivity contribution is 5.89. The number of halogens is 1. The molecule has 23 heavy (non-hydrogen) atoms. The van der Waals surface area contributed by atoms with Gasteiger partial charge >= 0.3 is 6.03 Å². The summed E-state index contributed by atoms with van der Waals surface area (Å²) in [6.07, 6.45) is 3.36. The molecule has 0 bridgehead atoms. The maximum atomic E-state index is 13.9. The van der Waals surface area contributed by atoms with E-state index in [2.05, 4.69) is 10.4 Å². The molecular weight excluding hydrogens is 297 g/mol. The molecule has 1 fully saturated rings. The predicted molar refractivity (Wildman–Crippen MR) is 87.0 cm³/mol. The molecule has 1 N–H and O–H groups in total. The van der Waals surface area contributed by atoms with Crippen LogP contribution >= 0.6 is 0 Å². The molecule has 1 aromatic heterocycles. The van der Waals surface area contributed by atoms with Gasteiger partial charge in [-0.15, -0.1) is 0 Å². The van der Waals surface area contributed by atoms with Gasteiger partial charge in [0.05, 0.1) is 17.6 Å². The summed E-state index contributed by atoms with van der Waals surface area (Å²) >= 11 is 0. The number of piperazine rings is 1. The highest BCUT2D eigenvalue weighted by atomic mass is 19.1. The minimum absolute atomic E-state index is 0.0419. The largest absolute Gasteiger partial charge is 0.363 e. The molecule has 2 aromatic rings. The summed E-state index contributed by atoms with van der Waals surface area (Å²) in [5.41, 5.74) is 1.26. The Labute approximate surface area is 134 Å². The van der Waals surface area contributed by atoms with Gasteiger partial charge in [0.15, 0.2) is 0 Å². The second-order valence-corrected chi connectivity index (χ2v) is 5.77. The van der Waals surface area contributed by atoms with Crippen molar-refractivity contribution in [2.45, 2.75) is 13.0 Å². The predicted octanol–water partition coefficient (Wildman–Crippen LogP) is 2.30. The van der Waals surface area contributed by atoms with Gasteiger partial charge in [-0.05, 0) is 19.1 Å². The number of hydrogen-bond acceptors (Lipinski definition) is 3. The van der Waals surface area contributed by atoms with E-state index in [0.29, 0.717) is 31.0 Å². The van der Waals surface area contributed by atoms with Gasteiger partial charge in [0.2, 0.25) is 0 Å². The number of carbonyl (C=O) groups is 1. The summed E-state index contributed by atoms with van der Waals surface area (Å²) in [6.45, 7) is 3.68. The molecule has 6 nitrogen and oxygen atoms in total. The fraction of sp³-hybridized carbons (Fsp3) is 0.375. The number of para-hydroxylation sites is 1. The van der Waals surface area contributed by atoms with Crippen LogP contribution in [-0.2, 0) is 7.05 Å². The first-order valence-corrected chi connectivity index (χ1v) is 7.60. The second-order valence-electron chi connectivity index (χ2n) is 5.77. The standard InChI is InChI=1S/C16H20FN5O/c1-12-10-21(16(23)19-13-9-18-20(2)11-13)7-8-22(12)15-6-4-3-5-14(15)17/h3-6,9,11-12H,7-8,10H2,1-2H3,(H,19,23)/t12-/m1/s1. The summed E-state index contributed by atoms with van der Waals surface area (Å²) in [7, 11) is 1.80. The first-order valence-electron chi connectivity index (χ1n) is 7.60. The molecule has 0 aliphatic carbocycles. The Morgan fingerprint density at radius 2 is 2.13 bits per heavy atom. The van der Waals surface area contributed by atoms with Crippen LogP contribution in [0.1, 0.15) is 6.92 Å². The fourth-order valence-corrected chi connectivity index (χ4v) is 2.87. The zero-order valence-corrected chi connectivity index (χ0v) is 13.2. The lowest BCUT2D eigenvalue weighted by atomic mass is 10.1. The third-order valence-electron chi connectivity index (χ3n) is 4.03. The van der Waals surface area contributed by atoms with E-state index in [4.69, 9.17) is 0 Å². The summed E-state index contributed by atoms with van der Waals surface area (Å²) in [5.74, 6) is -0.229. The number of aromatic nitrogens is 2. The molecule has 0 spiro atoms. The Hall–Kier alpha value is -2.57. The Bertz CT molecular complexity index is 701. The number of rotatable bonds is 2. The summed E-state index contributed by atoms with van der Waals surface area (Å²) < 4.78 is 15.6. The van der Waals surface area contributed by atoms with Crippen LogP contribution in [0.5, 0.6) is 0 Å². The SMILES string of the molecule is C[C@@H]1CN(C(=O)Nc2cnn(C)c2)CCN1c1ccccc1F. The average molecular weight is 317 g/mol. The van der Waals surface area contributed by atoms with E-state index >= 15 is 0 Å². The van der Waals surface area contributed by atoms with Gasteiger partial charge in [-0.1, -0.05) is 12.1 Å². The number of benzene rings is 1. The van der Waals surface area contributed by atoms with Gasteiger partial charge in [0.25, 0.3) is 0 Å². The zero-order chi connectivity index (χ0) is 16.4. The summed E-state index contributed by atoms with van der Waals surface area (Å²) in [4.78, 5) is 16.1. The van der Waals surface area contributed by atoms with E-state index in [1.807, 2.05) is 17.9 Å². The summed E-state index contributed by atoms with van der Waals surface area (Å²) in [5, 5.41) is 6.85. The molecule has 0 saturated carbocycles. The van der Waals surface area contributed by atoms with Crippen LogP contribution in [0.2, 0.25) is 0 Å². The lowest BCUT2D eigenvalue weighted by Crippen LogP contribution is -2.55. The number of anilines is 2. The normalized spacial score (nSPS) is 18.1. The third kappa shape index (κ3) is 3.28. The number of hydrogen-bond donors (Lipinski definition) is 1. The van der Waals surface area contributed by atoms with Crippen molar-refractivity contribution in [2.75, 3.05) is 29.9 Å². The molecule has 1 aliphatic rings. The van der Waals surface area contributed by atoms with E-state index in [9.17, 15) is 9.18 Å². The number of carbonyl (C=O) groups excluding carboxylic acids is 1. The number of nitrogens with zero attached hydrogens (tertiary/aromatic N) is 4. The number of amides is 2. The topological polar surface area (TPSA) is 53.4 Å². The van der Waals surface area contributed by atoms with Crippen LogP contribution in [0, 0.1) is 5.82 Å². The van der Waals surface area contributed by atoms with Crippen molar-refractivity contribution in [3.05, 3.63) is 42.5 Å². The molecule has 3 rings (SSSR count). The van der Waals surface area contributed by atoms with E-state index < -0.39 is 0 Å². The number of aryl methyl sites for hydroxylation is 1. The van der Waals surface area contributed by atoms with Crippen LogP contribution in [-0.4, -0.2) is 46.4 Å². The highest BCUT2D eigenvalue weighted by Crippen LogP contribution is 2.23. The van der Waals surface area contributed by atoms with Crippen molar-refractivity contribution >= 4 is 17.4 Å². The Morgan fingerprint density at radius 3 is 2.78 bits per heavy atom. The summed E-state index contributed by atoms with van der Waals surface area (Å²) in [6, 6.07) is 6.63. The lowest BCUT2D eigenvalue weighted by molar-refractivity contribution is 0.200. The molecule has 1 aromatic carbocycles. The van der Waals surface area contributed by atoms with Crippen molar-refractivity contribution in [3.8, 4) is 0 Å². The molecule has 2 heterocycles. The van der Waals surface area contributed by atoms with E-state index in [-0.39, 0.29) is 17.9 Å². The van der Waals surface area contributed by atoms with Gasteiger partial charge in [-0.3, -0.25) is 4.68 Å². The average Bonchev–Trinajstić information content (AvgIpc) is 2.93. The Balaban J connectivity index is 1.64. The smallest absolute Gasteiger partial charge is 0.322 e. The lowest BCUT2D eigenvalue weighted by Gasteiger charge is -2.41. The molecule has 7 heteroatoms. The van der Waals surface area contributed by atoms with E-state index in [1.54, 1.807) is 41.2 Å². The van der Waals surface area contributed by atoms with Crippen molar-refractivity contribution in [3.63, 3.8) is 0 Å². The molecule has 122 valence electrons. The third-order valence-corrected chi connectivity index (χ3v) is 4.03. The van der Waals surface area contributed by atoms with Gasteiger partial charge in [-0.25, -0.2) is 9.18 Å². The zero-order valence-electron chi connectivity index (χ0n) is 13.2. The van der Waals surface area contributed by atoms with Gasteiger partial charge in [0, 0.05) is 38.9 Å². The molecule has 1 aliphatic heterocycles. The monoisotopic (exact) mass is 317 g/mol. The molecule has 0 radical (unpaired) electrons. The first-order chi connectivity index (χ1) is 11.0. The maximum absolute atomic E-state index is 13.9. The van der Waals surface area contributed by atoms with Crippen molar-refractivity contribution in [2.24, 2.45) is 7.05 Å². The van der Waals surface area contributed by atoms with Crippen LogP contribution in [0.4, 0.5) is 20.6 Å². The van der Waals surface area contributed by atoms with Crippen molar-refractivity contribution in [1.29, 1.82) is 0 Å². The van der Waals surface area contributed by atoms with Crippen molar-refractivity contribution in [1.82, 2.24) is 14.7 Å². The molecule has 2 amide bonds. The first kappa shape index (κ1) is 15.3. The minimum atomic E-state index is -0.229. The van der Waals surface area contributed by atoms with Crippen molar-refractivity contribution < 1.29 is 9.18 Å². The molecule has 0 unspecified atom stereocenters. The van der Waals surface area contributed by atoms with Crippen LogP contribution < -0.4 is 10.2 Å². The van der Waals surface area contributed by atoms with Crippen LogP contribution in [0.3, 0.4) is 0 Å². The molecule has 1 saturated heterocycles. The quantitative estimate of drug-likeness (QED) is 0.925. The number of nitrogens with one attached hydrogen (secondary N) is 1. The van der Waals surface area contributed by atoms with E-state index in [1.165, 1.54) is 6.07 Å². The Kier molecular flexibility index (Phi) is 4.18. The van der Waals surface area contributed by atoms with Gasteiger partial charge in [0.1, 0.15) is 5.82 Å². The van der Waals surface area contributed by atoms with Gasteiger partial charge in [-0.2, -0.15) is 5.10 Å². The molecule has 1 atom stereocenters. The van der Waals surface area contributed by atoms with E-state index in [0.717, 1.165) is 0 Å². The van der Waals surface area contributed by atoms with Gasteiger partial charge < -0.3 is 15.1 Å². The van der Waals surface area contributed by atoms with Crippen LogP contribution in [0.25, 0.3) is 0 Å². The molecular formula is C16H20FN5O. The fourth-order valence-electron chi connectivity index (χ4n) is 2.87.